The highest BCUT2D eigenvalue weighted by atomic mass is 19.1. The first-order valence-electron chi connectivity index (χ1n) is 10.5. The van der Waals surface area contributed by atoms with Crippen LogP contribution in [0.15, 0.2) is 36.4 Å². The minimum Gasteiger partial charge on any atom is -0.389 e. The maximum atomic E-state index is 13.7. The Kier molecular flexibility index (Phi) is 7.71. The maximum absolute atomic E-state index is 13.7. The van der Waals surface area contributed by atoms with Crippen LogP contribution in [-0.4, -0.2) is 54.7 Å². The van der Waals surface area contributed by atoms with E-state index in [4.69, 9.17) is 4.74 Å². The van der Waals surface area contributed by atoms with Gasteiger partial charge in [-0.2, -0.15) is 0 Å². The summed E-state index contributed by atoms with van der Waals surface area (Å²) >= 11 is 0. The van der Waals surface area contributed by atoms with Crippen LogP contribution in [0.2, 0.25) is 0 Å². The van der Waals surface area contributed by atoms with Gasteiger partial charge >= 0.3 is 0 Å². The third-order valence-corrected chi connectivity index (χ3v) is 5.72. The number of hydrogen-bond donors (Lipinski definition) is 3. The van der Waals surface area contributed by atoms with Crippen molar-refractivity contribution < 1.29 is 28.2 Å². The van der Waals surface area contributed by atoms with Crippen molar-refractivity contribution in [2.45, 2.75) is 51.0 Å². The lowest BCUT2D eigenvalue weighted by atomic mass is 9.94. The highest BCUT2D eigenvalue weighted by Gasteiger charge is 2.35. The predicted octanol–water partition coefficient (Wildman–Crippen LogP) is 2.55. The molecule has 0 spiro atoms. The molecule has 1 saturated heterocycles. The third-order valence-electron chi connectivity index (χ3n) is 5.72. The summed E-state index contributed by atoms with van der Waals surface area (Å²) in [6.45, 7) is 3.74. The quantitative estimate of drug-likeness (QED) is 0.543. The van der Waals surface area contributed by atoms with Gasteiger partial charge in [0.1, 0.15) is 11.6 Å². The summed E-state index contributed by atoms with van der Waals surface area (Å²) < 4.78 is 32.8. The summed E-state index contributed by atoms with van der Waals surface area (Å²) in [7, 11) is 1.58. The maximum Gasteiger partial charge on any atom is 0.251 e. The monoisotopic (exact) mass is 446 g/mol. The number of halogens is 2. The summed E-state index contributed by atoms with van der Waals surface area (Å²) in [5, 5.41) is 17.0. The van der Waals surface area contributed by atoms with E-state index in [1.807, 2.05) is 0 Å². The number of ether oxygens (including phenoxy) is 1. The zero-order valence-electron chi connectivity index (χ0n) is 18.3. The lowest BCUT2D eigenvalue weighted by Crippen LogP contribution is -2.52. The number of amides is 1. The second-order valence-corrected chi connectivity index (χ2v) is 8.30. The van der Waals surface area contributed by atoms with Crippen LogP contribution >= 0.6 is 0 Å². The van der Waals surface area contributed by atoms with E-state index in [0.717, 1.165) is 11.6 Å². The van der Waals surface area contributed by atoms with Gasteiger partial charge in [0.15, 0.2) is 5.78 Å². The fourth-order valence-corrected chi connectivity index (χ4v) is 4.06. The van der Waals surface area contributed by atoms with Crippen molar-refractivity contribution in [2.24, 2.45) is 0 Å². The Morgan fingerprint density at radius 3 is 2.41 bits per heavy atom. The number of aryl methyl sites for hydroxylation is 1. The topological polar surface area (TPSA) is 87.7 Å². The van der Waals surface area contributed by atoms with Crippen LogP contribution in [0.1, 0.15) is 45.2 Å². The van der Waals surface area contributed by atoms with Gasteiger partial charge in [-0.1, -0.05) is 0 Å². The average Bonchev–Trinajstić information content (AvgIpc) is 3.20. The molecule has 172 valence electrons. The van der Waals surface area contributed by atoms with Crippen LogP contribution < -0.4 is 10.6 Å². The minimum atomic E-state index is -1.04. The van der Waals surface area contributed by atoms with E-state index < -0.39 is 29.7 Å². The van der Waals surface area contributed by atoms with E-state index in [1.165, 1.54) is 25.1 Å². The Balaban J connectivity index is 1.86. The molecule has 0 unspecified atom stereocenters. The molecular weight excluding hydrogens is 418 g/mol. The normalized spacial score (nSPS) is 20.1. The zero-order valence-corrected chi connectivity index (χ0v) is 18.3. The number of benzene rings is 2. The molecule has 1 aliphatic rings. The van der Waals surface area contributed by atoms with Gasteiger partial charge in [-0.3, -0.25) is 9.59 Å². The van der Waals surface area contributed by atoms with Crippen molar-refractivity contribution in [1.82, 2.24) is 10.6 Å². The van der Waals surface area contributed by atoms with Crippen molar-refractivity contribution in [3.05, 3.63) is 70.3 Å². The number of Topliss-reactive ketones (excluding diaryl/α,β-unsaturated/α-hetero) is 1. The van der Waals surface area contributed by atoms with E-state index in [-0.39, 0.29) is 29.9 Å². The van der Waals surface area contributed by atoms with Gasteiger partial charge in [0.05, 0.1) is 18.2 Å². The van der Waals surface area contributed by atoms with E-state index in [9.17, 15) is 23.5 Å². The number of carbonyl (C=O) groups excluding carboxylic acids is 2. The van der Waals surface area contributed by atoms with Gasteiger partial charge < -0.3 is 20.5 Å². The van der Waals surface area contributed by atoms with E-state index >= 15 is 0 Å². The molecule has 2 aromatic rings. The summed E-state index contributed by atoms with van der Waals surface area (Å²) in [4.78, 5) is 24.8. The molecule has 2 aromatic carbocycles. The molecular formula is C24H28F2N2O4. The summed E-state index contributed by atoms with van der Waals surface area (Å²) in [6.07, 6.45) is -0.571. The fraction of sp³-hybridized carbons (Fsp3) is 0.417. The lowest BCUT2D eigenvalue weighted by molar-refractivity contribution is 0.0677. The highest BCUT2D eigenvalue weighted by Crippen LogP contribution is 2.19. The fourth-order valence-electron chi connectivity index (χ4n) is 4.06. The third kappa shape index (κ3) is 5.97. The Labute approximate surface area is 186 Å². The van der Waals surface area contributed by atoms with Crippen LogP contribution in [0.25, 0.3) is 0 Å². The van der Waals surface area contributed by atoms with Crippen LogP contribution in [0.5, 0.6) is 0 Å². The van der Waals surface area contributed by atoms with Crippen LogP contribution in [0.3, 0.4) is 0 Å². The van der Waals surface area contributed by atoms with Gasteiger partial charge in [0.2, 0.25) is 0 Å². The molecule has 0 aliphatic carbocycles. The summed E-state index contributed by atoms with van der Waals surface area (Å²) in [5.74, 6) is -2.13. The molecule has 6 nitrogen and oxygen atoms in total. The number of nitrogens with one attached hydrogen (secondary N) is 2. The van der Waals surface area contributed by atoms with E-state index in [0.29, 0.717) is 24.1 Å². The molecule has 1 fully saturated rings. The van der Waals surface area contributed by atoms with Crippen molar-refractivity contribution >= 4 is 11.7 Å². The molecule has 4 atom stereocenters. The molecule has 3 N–H and O–H groups in total. The molecule has 8 heteroatoms. The molecule has 0 saturated carbocycles. The first kappa shape index (κ1) is 24.0. The van der Waals surface area contributed by atoms with Crippen molar-refractivity contribution in [3.8, 4) is 0 Å². The van der Waals surface area contributed by atoms with E-state index in [1.54, 1.807) is 26.2 Å². The Morgan fingerprint density at radius 2 is 1.81 bits per heavy atom. The Bertz CT molecular complexity index is 978. The number of aliphatic hydroxyl groups is 1. The minimum absolute atomic E-state index is 0.0167. The standard InChI is InChI=1S/C24H28F2N2O4/c1-13-4-16(14(2)29)9-17(5-13)24(31)28-22(8-15-6-18(25)10-19(26)7-15)23(30)21-11-20(32-3)12-27-21/h4-7,9-10,20-23,27,30H,8,11-12H2,1-3H3,(H,28,31)/t20-,21-,22+,23-/m1/s1. The van der Waals surface area contributed by atoms with E-state index in [2.05, 4.69) is 10.6 Å². The average molecular weight is 446 g/mol. The van der Waals surface area contributed by atoms with Crippen molar-refractivity contribution in [1.29, 1.82) is 0 Å². The van der Waals surface area contributed by atoms with Gasteiger partial charge in [-0.15, -0.1) is 0 Å². The second-order valence-electron chi connectivity index (χ2n) is 8.30. The molecule has 3 rings (SSSR count). The van der Waals surface area contributed by atoms with Crippen LogP contribution in [-0.2, 0) is 11.2 Å². The molecule has 0 aromatic heterocycles. The first-order chi connectivity index (χ1) is 15.2. The Morgan fingerprint density at radius 1 is 1.16 bits per heavy atom. The number of methoxy groups -OCH3 is 1. The number of aliphatic hydroxyl groups excluding tert-OH is 1. The van der Waals surface area contributed by atoms with Gasteiger partial charge in [0, 0.05) is 36.9 Å². The van der Waals surface area contributed by atoms with Crippen LogP contribution in [0, 0.1) is 18.6 Å². The van der Waals surface area contributed by atoms with Crippen molar-refractivity contribution in [2.75, 3.05) is 13.7 Å². The largest absolute Gasteiger partial charge is 0.389 e. The molecule has 32 heavy (non-hydrogen) atoms. The lowest BCUT2D eigenvalue weighted by Gasteiger charge is -2.29. The highest BCUT2D eigenvalue weighted by molar-refractivity contribution is 6.00. The number of ketones is 1. The molecule has 1 aliphatic heterocycles. The molecule has 0 radical (unpaired) electrons. The Hall–Kier alpha value is -2.68. The number of carbonyl (C=O) groups is 2. The smallest absolute Gasteiger partial charge is 0.251 e. The van der Waals surface area contributed by atoms with Crippen LogP contribution in [0.4, 0.5) is 8.78 Å². The first-order valence-corrected chi connectivity index (χ1v) is 10.5. The number of hydrogen-bond acceptors (Lipinski definition) is 5. The number of rotatable bonds is 8. The van der Waals surface area contributed by atoms with Gasteiger partial charge in [-0.05, 0) is 68.1 Å². The van der Waals surface area contributed by atoms with Gasteiger partial charge in [-0.25, -0.2) is 8.78 Å². The summed E-state index contributed by atoms with van der Waals surface area (Å²) in [5.41, 5.74) is 1.72. The molecule has 1 heterocycles. The van der Waals surface area contributed by atoms with Gasteiger partial charge in [0.25, 0.3) is 5.91 Å². The molecule has 0 bridgehead atoms. The predicted molar refractivity (Wildman–Crippen MR) is 116 cm³/mol. The summed E-state index contributed by atoms with van der Waals surface area (Å²) in [6, 6.07) is 6.74. The molecule has 1 amide bonds. The van der Waals surface area contributed by atoms with Crippen molar-refractivity contribution in [3.63, 3.8) is 0 Å². The SMILES string of the molecule is CO[C@H]1CN[C@@H]([C@@H](O)[C@H](Cc2cc(F)cc(F)c2)NC(=O)c2cc(C)cc(C(C)=O)c2)C1. The zero-order chi connectivity index (χ0) is 23.4. The second kappa shape index (κ2) is 10.3.